The van der Waals surface area contributed by atoms with Crippen molar-refractivity contribution in [1.29, 1.82) is 0 Å². The van der Waals surface area contributed by atoms with Crippen molar-refractivity contribution in [2.45, 2.75) is 57.0 Å². The number of likely N-dealkylation sites (tertiary alicyclic amines) is 1. The monoisotopic (exact) mass is 336 g/mol. The summed E-state index contributed by atoms with van der Waals surface area (Å²) in [6.45, 7) is 3.24. The van der Waals surface area contributed by atoms with E-state index in [1.165, 1.54) is 0 Å². The van der Waals surface area contributed by atoms with Gasteiger partial charge < -0.3 is 15.5 Å². The SMILES string of the molecule is CNC1CCN(C(=O)CN2C(=O)NC3(CCCCC3C)C2=O)CC1. The lowest BCUT2D eigenvalue weighted by molar-refractivity contribution is -0.141. The first-order chi connectivity index (χ1) is 11.5. The van der Waals surface area contributed by atoms with E-state index < -0.39 is 11.6 Å². The van der Waals surface area contributed by atoms with Crippen LogP contribution in [-0.4, -0.2) is 65.9 Å². The van der Waals surface area contributed by atoms with E-state index in [1.54, 1.807) is 4.90 Å². The average molecular weight is 336 g/mol. The molecule has 0 radical (unpaired) electrons. The molecule has 3 fully saturated rings. The Morgan fingerprint density at radius 1 is 1.25 bits per heavy atom. The van der Waals surface area contributed by atoms with Crippen molar-refractivity contribution in [2.75, 3.05) is 26.7 Å². The fraction of sp³-hybridized carbons (Fsp3) is 0.824. The number of carbonyl (C=O) groups is 3. The smallest absolute Gasteiger partial charge is 0.325 e. The molecule has 1 saturated carbocycles. The van der Waals surface area contributed by atoms with Crippen LogP contribution in [0.25, 0.3) is 0 Å². The first-order valence-corrected chi connectivity index (χ1v) is 9.07. The van der Waals surface area contributed by atoms with Gasteiger partial charge in [-0.25, -0.2) is 4.79 Å². The van der Waals surface area contributed by atoms with Gasteiger partial charge in [0, 0.05) is 19.1 Å². The molecular formula is C17H28N4O3. The third-order valence-electron chi connectivity index (χ3n) is 6.05. The number of urea groups is 1. The van der Waals surface area contributed by atoms with Crippen LogP contribution in [0.3, 0.4) is 0 Å². The van der Waals surface area contributed by atoms with Crippen molar-refractivity contribution in [3.63, 3.8) is 0 Å². The van der Waals surface area contributed by atoms with Crippen LogP contribution in [0.2, 0.25) is 0 Å². The Hall–Kier alpha value is -1.63. The van der Waals surface area contributed by atoms with Crippen LogP contribution in [0.1, 0.15) is 45.4 Å². The van der Waals surface area contributed by atoms with Gasteiger partial charge in [0.1, 0.15) is 12.1 Å². The lowest BCUT2D eigenvalue weighted by Gasteiger charge is -2.37. The maximum absolute atomic E-state index is 12.9. The lowest BCUT2D eigenvalue weighted by Crippen LogP contribution is -2.54. The summed E-state index contributed by atoms with van der Waals surface area (Å²) in [6, 6.07) is 0.0318. The zero-order chi connectivity index (χ0) is 17.3. The van der Waals surface area contributed by atoms with Gasteiger partial charge in [-0.3, -0.25) is 14.5 Å². The zero-order valence-electron chi connectivity index (χ0n) is 14.6. The molecule has 1 spiro atoms. The largest absolute Gasteiger partial charge is 0.341 e. The lowest BCUT2D eigenvalue weighted by atomic mass is 9.73. The number of hydrogen-bond donors (Lipinski definition) is 2. The molecular weight excluding hydrogens is 308 g/mol. The number of piperidine rings is 1. The number of amides is 4. The molecule has 2 saturated heterocycles. The highest BCUT2D eigenvalue weighted by Crippen LogP contribution is 2.38. The van der Waals surface area contributed by atoms with Crippen molar-refractivity contribution in [3.05, 3.63) is 0 Å². The summed E-state index contributed by atoms with van der Waals surface area (Å²) in [7, 11) is 1.93. The molecule has 3 rings (SSSR count). The van der Waals surface area contributed by atoms with E-state index >= 15 is 0 Å². The summed E-state index contributed by atoms with van der Waals surface area (Å²) in [5.41, 5.74) is -0.783. The molecule has 4 amide bonds. The fourth-order valence-corrected chi connectivity index (χ4v) is 4.29. The predicted molar refractivity (Wildman–Crippen MR) is 89.3 cm³/mol. The van der Waals surface area contributed by atoms with Gasteiger partial charge in [0.25, 0.3) is 5.91 Å². The molecule has 2 heterocycles. The second kappa shape index (κ2) is 6.70. The molecule has 24 heavy (non-hydrogen) atoms. The maximum Gasteiger partial charge on any atom is 0.325 e. The quantitative estimate of drug-likeness (QED) is 0.743. The van der Waals surface area contributed by atoms with Crippen molar-refractivity contribution < 1.29 is 14.4 Å². The molecule has 2 unspecified atom stereocenters. The Bertz CT molecular complexity index is 530. The van der Waals surface area contributed by atoms with E-state index in [0.717, 1.165) is 37.0 Å². The van der Waals surface area contributed by atoms with E-state index in [1.807, 2.05) is 14.0 Å². The molecule has 2 N–H and O–H groups in total. The minimum atomic E-state index is -0.783. The Kier molecular flexibility index (Phi) is 4.80. The number of rotatable bonds is 3. The van der Waals surface area contributed by atoms with Crippen LogP contribution in [0.5, 0.6) is 0 Å². The first-order valence-electron chi connectivity index (χ1n) is 9.07. The number of nitrogens with zero attached hydrogens (tertiary/aromatic N) is 2. The van der Waals surface area contributed by atoms with Crippen molar-refractivity contribution in [2.24, 2.45) is 5.92 Å². The number of carbonyl (C=O) groups excluding carboxylic acids is 3. The second-order valence-corrected chi connectivity index (χ2v) is 7.38. The molecule has 2 aliphatic heterocycles. The van der Waals surface area contributed by atoms with Crippen LogP contribution in [-0.2, 0) is 9.59 Å². The van der Waals surface area contributed by atoms with Crippen molar-refractivity contribution in [1.82, 2.24) is 20.4 Å². The van der Waals surface area contributed by atoms with Crippen molar-refractivity contribution >= 4 is 17.8 Å². The summed E-state index contributed by atoms with van der Waals surface area (Å²) in [5, 5.41) is 6.13. The van der Waals surface area contributed by atoms with Gasteiger partial charge in [-0.1, -0.05) is 19.8 Å². The molecule has 134 valence electrons. The highest BCUT2D eigenvalue weighted by atomic mass is 16.2. The van der Waals surface area contributed by atoms with E-state index in [0.29, 0.717) is 25.6 Å². The van der Waals surface area contributed by atoms with Crippen LogP contribution >= 0.6 is 0 Å². The number of hydrogen-bond acceptors (Lipinski definition) is 4. The van der Waals surface area contributed by atoms with Gasteiger partial charge in [0.15, 0.2) is 0 Å². The summed E-state index contributed by atoms with van der Waals surface area (Å²) >= 11 is 0. The fourth-order valence-electron chi connectivity index (χ4n) is 4.29. The highest BCUT2D eigenvalue weighted by Gasteiger charge is 2.55. The van der Waals surface area contributed by atoms with Gasteiger partial charge in [0.05, 0.1) is 0 Å². The third kappa shape index (κ3) is 2.90. The summed E-state index contributed by atoms with van der Waals surface area (Å²) in [4.78, 5) is 40.6. The normalized spacial score (nSPS) is 31.7. The van der Waals surface area contributed by atoms with Crippen LogP contribution in [0.4, 0.5) is 4.79 Å². The van der Waals surface area contributed by atoms with Gasteiger partial charge in [-0.05, 0) is 38.6 Å². The predicted octanol–water partition coefficient (Wildman–Crippen LogP) is 0.698. The second-order valence-electron chi connectivity index (χ2n) is 7.38. The van der Waals surface area contributed by atoms with E-state index in [-0.39, 0.29) is 24.3 Å². The van der Waals surface area contributed by atoms with Gasteiger partial charge in [-0.15, -0.1) is 0 Å². The van der Waals surface area contributed by atoms with Crippen LogP contribution in [0.15, 0.2) is 0 Å². The van der Waals surface area contributed by atoms with Crippen LogP contribution in [0, 0.1) is 5.92 Å². The molecule has 0 aromatic rings. The standard InChI is InChI=1S/C17H28N4O3/c1-12-5-3-4-8-17(12)15(23)21(16(24)19-17)11-14(22)20-9-6-13(18-2)7-10-20/h12-13,18H,3-11H2,1-2H3,(H,19,24). The average Bonchev–Trinajstić information content (AvgIpc) is 2.82. The third-order valence-corrected chi connectivity index (χ3v) is 6.05. The highest BCUT2D eigenvalue weighted by molar-refractivity contribution is 6.09. The molecule has 0 aromatic carbocycles. The minimum absolute atomic E-state index is 0.120. The molecule has 0 bridgehead atoms. The maximum atomic E-state index is 12.9. The van der Waals surface area contributed by atoms with Crippen LogP contribution < -0.4 is 10.6 Å². The van der Waals surface area contributed by atoms with E-state index in [2.05, 4.69) is 10.6 Å². The Morgan fingerprint density at radius 3 is 2.58 bits per heavy atom. The molecule has 2 atom stereocenters. The topological polar surface area (TPSA) is 81.8 Å². The van der Waals surface area contributed by atoms with Gasteiger partial charge in [-0.2, -0.15) is 0 Å². The Labute approximate surface area is 143 Å². The van der Waals surface area contributed by atoms with E-state index in [9.17, 15) is 14.4 Å². The Balaban J connectivity index is 1.64. The van der Waals surface area contributed by atoms with Gasteiger partial charge >= 0.3 is 6.03 Å². The molecule has 0 aromatic heterocycles. The molecule has 3 aliphatic rings. The summed E-state index contributed by atoms with van der Waals surface area (Å²) < 4.78 is 0. The summed E-state index contributed by atoms with van der Waals surface area (Å²) in [5.74, 6) is -0.221. The minimum Gasteiger partial charge on any atom is -0.341 e. The van der Waals surface area contributed by atoms with Gasteiger partial charge in [0.2, 0.25) is 5.91 Å². The van der Waals surface area contributed by atoms with Crippen molar-refractivity contribution in [3.8, 4) is 0 Å². The Morgan fingerprint density at radius 2 is 1.96 bits per heavy atom. The molecule has 1 aliphatic carbocycles. The number of nitrogens with one attached hydrogen (secondary N) is 2. The number of imide groups is 1. The summed E-state index contributed by atoms with van der Waals surface area (Å²) in [6.07, 6.45) is 5.45. The molecule has 7 heteroatoms. The first kappa shape index (κ1) is 17.2. The zero-order valence-corrected chi connectivity index (χ0v) is 14.6. The van der Waals surface area contributed by atoms with E-state index in [4.69, 9.17) is 0 Å². The molecule has 7 nitrogen and oxygen atoms in total.